The number of hydrogen-bond acceptors (Lipinski definition) is 2. The molecule has 1 atom stereocenters. The van der Waals surface area contributed by atoms with Crippen LogP contribution >= 0.6 is 0 Å². The van der Waals surface area contributed by atoms with Gasteiger partial charge in [0.15, 0.2) is 0 Å². The van der Waals surface area contributed by atoms with Crippen LogP contribution < -0.4 is 10.6 Å². The Hall–Kier alpha value is -2.13. The molecule has 0 unspecified atom stereocenters. The fourth-order valence-corrected chi connectivity index (χ4v) is 3.66. The topological polar surface area (TPSA) is 41.1 Å². The molecule has 24 heavy (non-hydrogen) atoms. The average Bonchev–Trinajstić information content (AvgIpc) is 2.67. The highest BCUT2D eigenvalue weighted by atomic mass is 16.2. The maximum absolute atomic E-state index is 13.3. The van der Waals surface area contributed by atoms with Gasteiger partial charge in [-0.2, -0.15) is 0 Å². The third-order valence-electron chi connectivity index (χ3n) is 5.13. The smallest absolute Gasteiger partial charge is 0.231 e. The molecular weight excluding hydrogens is 296 g/mol. The highest BCUT2D eigenvalue weighted by Crippen LogP contribution is 2.34. The predicted octanol–water partition coefficient (Wildman–Crippen LogP) is 3.58. The summed E-state index contributed by atoms with van der Waals surface area (Å²) in [5.41, 5.74) is 1.88. The summed E-state index contributed by atoms with van der Waals surface area (Å²) in [6.07, 6.45) is 2.57. The highest BCUT2D eigenvalue weighted by molar-refractivity contribution is 5.88. The van der Waals surface area contributed by atoms with E-state index < -0.39 is 5.41 Å². The first-order valence-electron chi connectivity index (χ1n) is 8.88. The Balaban J connectivity index is 1.86. The van der Waals surface area contributed by atoms with E-state index >= 15 is 0 Å². The minimum absolute atomic E-state index is 0.0640. The number of carbonyl (C=O) groups is 1. The lowest BCUT2D eigenvalue weighted by Gasteiger charge is -2.38. The molecule has 3 rings (SSSR count). The van der Waals surface area contributed by atoms with Crippen LogP contribution in [-0.2, 0) is 10.2 Å². The average molecular weight is 322 g/mol. The van der Waals surface area contributed by atoms with Crippen molar-refractivity contribution in [3.05, 3.63) is 71.8 Å². The van der Waals surface area contributed by atoms with Gasteiger partial charge < -0.3 is 10.6 Å². The Morgan fingerprint density at radius 2 is 1.62 bits per heavy atom. The van der Waals surface area contributed by atoms with E-state index in [4.69, 9.17) is 0 Å². The van der Waals surface area contributed by atoms with Crippen molar-refractivity contribution in [3.8, 4) is 0 Å². The standard InChI is InChI=1S/C21H26N2O/c1-2-19(17-9-5-3-6-10-17)23-20(24)21(13-15-22-16-14-21)18-11-7-4-8-12-18/h3-12,19,22H,2,13-16H2,1H3,(H,23,24)/t19-/m0/s1. The molecule has 0 bridgehead atoms. The summed E-state index contributed by atoms with van der Waals surface area (Å²) in [6, 6.07) is 20.6. The molecule has 0 saturated carbocycles. The lowest BCUT2D eigenvalue weighted by Crippen LogP contribution is -2.51. The number of carbonyl (C=O) groups excluding carboxylic acids is 1. The van der Waals surface area contributed by atoms with Crippen LogP contribution in [0.25, 0.3) is 0 Å². The van der Waals surface area contributed by atoms with Gasteiger partial charge in [-0.05, 0) is 43.5 Å². The first-order valence-corrected chi connectivity index (χ1v) is 8.88. The molecule has 0 aliphatic carbocycles. The molecule has 2 aromatic carbocycles. The van der Waals surface area contributed by atoms with Crippen LogP contribution in [0.3, 0.4) is 0 Å². The van der Waals surface area contributed by atoms with Crippen LogP contribution in [0.2, 0.25) is 0 Å². The van der Waals surface area contributed by atoms with E-state index in [1.807, 2.05) is 36.4 Å². The second-order valence-corrected chi connectivity index (χ2v) is 6.54. The van der Waals surface area contributed by atoms with Crippen molar-refractivity contribution in [1.82, 2.24) is 10.6 Å². The number of rotatable bonds is 5. The Bertz CT molecular complexity index is 648. The molecule has 3 heteroatoms. The van der Waals surface area contributed by atoms with Crippen LogP contribution in [0.5, 0.6) is 0 Å². The monoisotopic (exact) mass is 322 g/mol. The van der Waals surface area contributed by atoms with E-state index in [-0.39, 0.29) is 11.9 Å². The van der Waals surface area contributed by atoms with Gasteiger partial charge in [-0.1, -0.05) is 67.6 Å². The second kappa shape index (κ2) is 7.63. The fraction of sp³-hybridized carbons (Fsp3) is 0.381. The summed E-state index contributed by atoms with van der Waals surface area (Å²) in [4.78, 5) is 13.3. The van der Waals surface area contributed by atoms with Gasteiger partial charge in [-0.15, -0.1) is 0 Å². The number of nitrogens with one attached hydrogen (secondary N) is 2. The molecule has 126 valence electrons. The predicted molar refractivity (Wildman–Crippen MR) is 97.8 cm³/mol. The lowest BCUT2D eigenvalue weighted by molar-refractivity contribution is -0.128. The van der Waals surface area contributed by atoms with Crippen LogP contribution in [0, 0.1) is 0 Å². The molecule has 1 amide bonds. The Labute approximate surface area is 144 Å². The molecule has 1 aliphatic rings. The first kappa shape index (κ1) is 16.7. The van der Waals surface area contributed by atoms with Crippen LogP contribution in [0.15, 0.2) is 60.7 Å². The molecule has 2 aromatic rings. The number of hydrogen-bond donors (Lipinski definition) is 2. The highest BCUT2D eigenvalue weighted by Gasteiger charge is 2.41. The molecule has 3 nitrogen and oxygen atoms in total. The molecule has 0 radical (unpaired) electrons. The third kappa shape index (κ3) is 3.36. The van der Waals surface area contributed by atoms with Gasteiger partial charge in [0, 0.05) is 0 Å². The fourth-order valence-electron chi connectivity index (χ4n) is 3.66. The second-order valence-electron chi connectivity index (χ2n) is 6.54. The number of benzene rings is 2. The van der Waals surface area contributed by atoms with Gasteiger partial charge in [-0.25, -0.2) is 0 Å². The van der Waals surface area contributed by atoms with Crippen molar-refractivity contribution in [2.75, 3.05) is 13.1 Å². The molecular formula is C21H26N2O. The Morgan fingerprint density at radius 3 is 2.21 bits per heavy atom. The maximum Gasteiger partial charge on any atom is 0.231 e. The summed E-state index contributed by atoms with van der Waals surface area (Å²) in [7, 11) is 0. The van der Waals surface area contributed by atoms with Crippen molar-refractivity contribution >= 4 is 5.91 Å². The van der Waals surface area contributed by atoms with E-state index in [0.717, 1.165) is 37.9 Å². The molecule has 1 aliphatic heterocycles. The van der Waals surface area contributed by atoms with Crippen LogP contribution in [0.4, 0.5) is 0 Å². The van der Waals surface area contributed by atoms with Crippen molar-refractivity contribution in [3.63, 3.8) is 0 Å². The molecule has 1 heterocycles. The third-order valence-corrected chi connectivity index (χ3v) is 5.13. The zero-order chi connectivity index (χ0) is 16.8. The van der Waals surface area contributed by atoms with Gasteiger partial charge in [0.05, 0.1) is 11.5 Å². The minimum atomic E-state index is -0.422. The summed E-state index contributed by atoms with van der Waals surface area (Å²) in [5, 5.41) is 6.71. The summed E-state index contributed by atoms with van der Waals surface area (Å²) in [6.45, 7) is 3.88. The van der Waals surface area contributed by atoms with E-state index in [1.54, 1.807) is 0 Å². The Morgan fingerprint density at radius 1 is 1.04 bits per heavy atom. The molecule has 0 aromatic heterocycles. The molecule has 2 N–H and O–H groups in total. The number of amides is 1. The van der Waals surface area contributed by atoms with Gasteiger partial charge in [0.1, 0.15) is 0 Å². The van der Waals surface area contributed by atoms with Crippen molar-refractivity contribution in [2.24, 2.45) is 0 Å². The molecule has 1 saturated heterocycles. The SMILES string of the molecule is CC[C@H](NC(=O)C1(c2ccccc2)CCNCC1)c1ccccc1. The van der Waals surface area contributed by atoms with Crippen molar-refractivity contribution in [1.29, 1.82) is 0 Å². The van der Waals surface area contributed by atoms with Gasteiger partial charge >= 0.3 is 0 Å². The van der Waals surface area contributed by atoms with Gasteiger partial charge in [0.2, 0.25) is 5.91 Å². The lowest BCUT2D eigenvalue weighted by atomic mass is 9.72. The van der Waals surface area contributed by atoms with E-state index in [2.05, 4.69) is 41.8 Å². The van der Waals surface area contributed by atoms with E-state index in [9.17, 15) is 4.79 Å². The zero-order valence-electron chi connectivity index (χ0n) is 14.3. The van der Waals surface area contributed by atoms with Crippen molar-refractivity contribution in [2.45, 2.75) is 37.6 Å². The molecule has 1 fully saturated rings. The van der Waals surface area contributed by atoms with E-state index in [1.165, 1.54) is 5.56 Å². The Kier molecular flexibility index (Phi) is 5.31. The summed E-state index contributed by atoms with van der Waals surface area (Å²) in [5.74, 6) is 0.158. The van der Waals surface area contributed by atoms with Gasteiger partial charge in [0.25, 0.3) is 0 Å². The quantitative estimate of drug-likeness (QED) is 0.883. The van der Waals surface area contributed by atoms with E-state index in [0.29, 0.717) is 0 Å². The number of piperidine rings is 1. The van der Waals surface area contributed by atoms with Gasteiger partial charge in [-0.3, -0.25) is 4.79 Å². The first-order chi connectivity index (χ1) is 11.8. The molecule has 0 spiro atoms. The summed E-state index contributed by atoms with van der Waals surface area (Å²) < 4.78 is 0. The normalized spacial score (nSPS) is 17.9. The zero-order valence-corrected chi connectivity index (χ0v) is 14.3. The van der Waals surface area contributed by atoms with Crippen LogP contribution in [-0.4, -0.2) is 19.0 Å². The maximum atomic E-state index is 13.3. The largest absolute Gasteiger partial charge is 0.349 e. The minimum Gasteiger partial charge on any atom is -0.349 e. The van der Waals surface area contributed by atoms with Crippen molar-refractivity contribution < 1.29 is 4.79 Å². The summed E-state index contributed by atoms with van der Waals surface area (Å²) >= 11 is 0. The van der Waals surface area contributed by atoms with Crippen LogP contribution in [0.1, 0.15) is 43.4 Å².